The maximum Gasteiger partial charge on any atom is 0.172 e. The molecule has 0 unspecified atom stereocenters. The summed E-state index contributed by atoms with van der Waals surface area (Å²) in [6, 6.07) is 10.0. The van der Waals surface area contributed by atoms with Gasteiger partial charge >= 0.3 is 0 Å². The van der Waals surface area contributed by atoms with Crippen LogP contribution in [0.4, 0.5) is 0 Å². The Balaban J connectivity index is 2.09. The third-order valence-corrected chi connectivity index (χ3v) is 2.11. The van der Waals surface area contributed by atoms with E-state index in [0.29, 0.717) is 13.2 Å². The quantitative estimate of drug-likeness (QED) is 0.680. The largest absolute Gasteiger partial charge is 0.374 e. The van der Waals surface area contributed by atoms with E-state index in [-0.39, 0.29) is 12.4 Å². The maximum atomic E-state index is 11.3. The minimum absolute atomic E-state index is 0.101. The molecule has 3 heteroatoms. The van der Waals surface area contributed by atoms with Crippen molar-refractivity contribution in [1.29, 1.82) is 0 Å². The van der Waals surface area contributed by atoms with Gasteiger partial charge in [-0.2, -0.15) is 0 Å². The highest BCUT2D eigenvalue weighted by molar-refractivity contribution is 5.81. The molecule has 1 aromatic rings. The lowest BCUT2D eigenvalue weighted by molar-refractivity contribution is -0.122. The van der Waals surface area contributed by atoms with E-state index in [9.17, 15) is 4.79 Å². The second-order valence-corrected chi connectivity index (χ2v) is 3.68. The first-order chi connectivity index (χ1) is 7.83. The smallest absolute Gasteiger partial charge is 0.172 e. The van der Waals surface area contributed by atoms with Crippen LogP contribution in [0, 0.1) is 0 Å². The minimum Gasteiger partial charge on any atom is -0.374 e. The molecule has 0 radical (unpaired) electrons. The number of hydrogen-bond donors (Lipinski definition) is 1. The Hall–Kier alpha value is -1.19. The van der Waals surface area contributed by atoms with E-state index in [1.165, 1.54) is 5.56 Å². The van der Waals surface area contributed by atoms with E-state index >= 15 is 0 Å². The average molecular weight is 221 g/mol. The highest BCUT2D eigenvalue weighted by Gasteiger charge is 2.00. The first-order valence-corrected chi connectivity index (χ1v) is 5.67. The van der Waals surface area contributed by atoms with Gasteiger partial charge in [-0.1, -0.05) is 37.3 Å². The number of rotatable bonds is 8. The van der Waals surface area contributed by atoms with E-state index in [1.807, 2.05) is 37.3 Å². The van der Waals surface area contributed by atoms with Crippen molar-refractivity contribution in [1.82, 2.24) is 5.32 Å². The summed E-state index contributed by atoms with van der Waals surface area (Å²) < 4.78 is 5.16. The Morgan fingerprint density at radius 3 is 2.75 bits per heavy atom. The van der Waals surface area contributed by atoms with Crippen LogP contribution in [-0.4, -0.2) is 25.5 Å². The van der Waals surface area contributed by atoms with Crippen LogP contribution < -0.4 is 5.32 Å². The third kappa shape index (κ3) is 5.63. The number of Topliss-reactive ketones (excluding diaryl/α,β-unsaturated/α-hetero) is 1. The standard InChI is InChI=1S/C13H19NO2/c1-2-8-16-11-13(15)10-14-9-12-6-4-3-5-7-12/h3-7,14H,2,8-11H2,1H3. The summed E-state index contributed by atoms with van der Waals surface area (Å²) in [6.07, 6.45) is 0.949. The second kappa shape index (κ2) is 8.02. The fraction of sp³-hybridized carbons (Fsp3) is 0.462. The van der Waals surface area contributed by atoms with Gasteiger partial charge in [0.15, 0.2) is 5.78 Å². The van der Waals surface area contributed by atoms with Gasteiger partial charge in [0.2, 0.25) is 0 Å². The molecule has 0 fully saturated rings. The SMILES string of the molecule is CCCOCC(=O)CNCc1ccccc1. The van der Waals surface area contributed by atoms with E-state index in [4.69, 9.17) is 4.74 Å². The third-order valence-electron chi connectivity index (χ3n) is 2.11. The van der Waals surface area contributed by atoms with Crippen LogP contribution in [0.15, 0.2) is 30.3 Å². The molecule has 0 amide bonds. The number of benzene rings is 1. The topological polar surface area (TPSA) is 38.3 Å². The Morgan fingerprint density at radius 2 is 2.06 bits per heavy atom. The van der Waals surface area contributed by atoms with Gasteiger partial charge in [-0.15, -0.1) is 0 Å². The fourth-order valence-corrected chi connectivity index (χ4v) is 1.32. The molecule has 0 bridgehead atoms. The summed E-state index contributed by atoms with van der Waals surface area (Å²) in [5.41, 5.74) is 1.18. The van der Waals surface area contributed by atoms with Crippen LogP contribution in [0.5, 0.6) is 0 Å². The minimum atomic E-state index is 0.101. The predicted octanol–water partition coefficient (Wildman–Crippen LogP) is 1.77. The van der Waals surface area contributed by atoms with Crippen molar-refractivity contribution < 1.29 is 9.53 Å². The Bertz CT molecular complexity index is 298. The van der Waals surface area contributed by atoms with Gasteiger partial charge in [0, 0.05) is 13.2 Å². The van der Waals surface area contributed by atoms with Crippen molar-refractivity contribution >= 4 is 5.78 Å². The van der Waals surface area contributed by atoms with Crippen LogP contribution in [-0.2, 0) is 16.1 Å². The van der Waals surface area contributed by atoms with Gasteiger partial charge < -0.3 is 10.1 Å². The molecule has 1 aromatic carbocycles. The molecule has 3 nitrogen and oxygen atoms in total. The highest BCUT2D eigenvalue weighted by atomic mass is 16.5. The Kier molecular flexibility index (Phi) is 6.45. The summed E-state index contributed by atoms with van der Waals surface area (Å²) in [4.78, 5) is 11.3. The number of ether oxygens (including phenoxy) is 1. The molecule has 1 rings (SSSR count). The van der Waals surface area contributed by atoms with Gasteiger partial charge in [-0.05, 0) is 12.0 Å². The first kappa shape index (κ1) is 12.9. The number of nitrogens with one attached hydrogen (secondary N) is 1. The lowest BCUT2D eigenvalue weighted by atomic mass is 10.2. The number of carbonyl (C=O) groups excluding carboxylic acids is 1. The number of carbonyl (C=O) groups is 1. The highest BCUT2D eigenvalue weighted by Crippen LogP contribution is 1.96. The molecule has 1 N–H and O–H groups in total. The molecule has 0 heterocycles. The van der Waals surface area contributed by atoms with Crippen molar-refractivity contribution in [3.63, 3.8) is 0 Å². The summed E-state index contributed by atoms with van der Waals surface area (Å²) in [5, 5.41) is 3.10. The van der Waals surface area contributed by atoms with Crippen LogP contribution >= 0.6 is 0 Å². The number of ketones is 1. The van der Waals surface area contributed by atoms with Crippen LogP contribution in [0.2, 0.25) is 0 Å². The summed E-state index contributed by atoms with van der Waals surface area (Å²) in [6.45, 7) is 4.00. The van der Waals surface area contributed by atoms with Gasteiger partial charge in [0.1, 0.15) is 6.61 Å². The van der Waals surface area contributed by atoms with Gasteiger partial charge in [0.25, 0.3) is 0 Å². The first-order valence-electron chi connectivity index (χ1n) is 5.67. The molecule has 0 spiro atoms. The zero-order chi connectivity index (χ0) is 11.6. The fourth-order valence-electron chi connectivity index (χ4n) is 1.32. The average Bonchev–Trinajstić information content (AvgIpc) is 2.31. The molecule has 16 heavy (non-hydrogen) atoms. The molecule has 0 atom stereocenters. The molecule has 0 saturated heterocycles. The molecule has 0 saturated carbocycles. The number of hydrogen-bond acceptors (Lipinski definition) is 3. The van der Waals surface area contributed by atoms with Gasteiger partial charge in [0.05, 0.1) is 6.54 Å². The predicted molar refractivity (Wildman–Crippen MR) is 64.3 cm³/mol. The van der Waals surface area contributed by atoms with Crippen molar-refractivity contribution in [2.24, 2.45) is 0 Å². The monoisotopic (exact) mass is 221 g/mol. The van der Waals surface area contributed by atoms with E-state index in [0.717, 1.165) is 13.0 Å². The van der Waals surface area contributed by atoms with E-state index in [2.05, 4.69) is 5.32 Å². The molecule has 0 aromatic heterocycles. The molecule has 0 aliphatic rings. The van der Waals surface area contributed by atoms with Crippen molar-refractivity contribution in [2.45, 2.75) is 19.9 Å². The lowest BCUT2D eigenvalue weighted by Crippen LogP contribution is -2.25. The van der Waals surface area contributed by atoms with E-state index in [1.54, 1.807) is 0 Å². The van der Waals surface area contributed by atoms with Crippen molar-refractivity contribution in [3.05, 3.63) is 35.9 Å². The summed E-state index contributed by atoms with van der Waals surface area (Å²) in [5.74, 6) is 0.101. The lowest BCUT2D eigenvalue weighted by Gasteiger charge is -2.04. The second-order valence-electron chi connectivity index (χ2n) is 3.68. The van der Waals surface area contributed by atoms with Crippen LogP contribution in [0.1, 0.15) is 18.9 Å². The molecular formula is C13H19NO2. The van der Waals surface area contributed by atoms with Crippen LogP contribution in [0.3, 0.4) is 0 Å². The van der Waals surface area contributed by atoms with Gasteiger partial charge in [-0.3, -0.25) is 4.79 Å². The van der Waals surface area contributed by atoms with E-state index < -0.39 is 0 Å². The zero-order valence-corrected chi connectivity index (χ0v) is 9.74. The van der Waals surface area contributed by atoms with Crippen molar-refractivity contribution in [3.8, 4) is 0 Å². The van der Waals surface area contributed by atoms with Crippen molar-refractivity contribution in [2.75, 3.05) is 19.8 Å². The molecule has 0 aliphatic carbocycles. The summed E-state index contributed by atoms with van der Waals surface area (Å²) in [7, 11) is 0. The molecular weight excluding hydrogens is 202 g/mol. The normalized spacial score (nSPS) is 10.3. The molecule has 0 aliphatic heterocycles. The Morgan fingerprint density at radius 1 is 1.31 bits per heavy atom. The molecule has 88 valence electrons. The zero-order valence-electron chi connectivity index (χ0n) is 9.74. The summed E-state index contributed by atoms with van der Waals surface area (Å²) >= 11 is 0. The van der Waals surface area contributed by atoms with Crippen LogP contribution in [0.25, 0.3) is 0 Å². The maximum absolute atomic E-state index is 11.3. The van der Waals surface area contributed by atoms with Gasteiger partial charge in [-0.25, -0.2) is 0 Å². The Labute approximate surface area is 96.8 Å².